The lowest BCUT2D eigenvalue weighted by Gasteiger charge is -2.05. The Hall–Kier alpha value is -1.03. The summed E-state index contributed by atoms with van der Waals surface area (Å²) in [6, 6.07) is 12.8. The van der Waals surface area contributed by atoms with Crippen LogP contribution >= 0.6 is 23.4 Å². The first kappa shape index (κ1) is 14.4. The van der Waals surface area contributed by atoms with E-state index in [2.05, 4.69) is 0 Å². The van der Waals surface area contributed by atoms with E-state index in [1.165, 1.54) is 11.6 Å². The molecule has 1 nitrogen and oxygen atoms in total. The lowest BCUT2D eigenvalue weighted by atomic mass is 10.1. The molecule has 0 unspecified atom stereocenters. The average Bonchev–Trinajstić information content (AvgIpc) is 2.40. The Labute approximate surface area is 122 Å². The van der Waals surface area contributed by atoms with Crippen LogP contribution < -0.4 is 5.73 Å². The largest absolute Gasteiger partial charge is 0.326 e. The van der Waals surface area contributed by atoms with Gasteiger partial charge in [-0.15, -0.1) is 0 Å². The van der Waals surface area contributed by atoms with Crippen LogP contribution in [0.2, 0.25) is 5.02 Å². The molecular formula is C15H15ClFNS. The van der Waals surface area contributed by atoms with Gasteiger partial charge in [0, 0.05) is 23.1 Å². The molecule has 2 N–H and O–H groups in total. The van der Waals surface area contributed by atoms with E-state index in [9.17, 15) is 4.39 Å². The molecule has 0 bridgehead atoms. The first-order valence-corrected chi connectivity index (χ1v) is 7.51. The number of halogens is 2. The highest BCUT2D eigenvalue weighted by molar-refractivity contribution is 7.97. The van der Waals surface area contributed by atoms with E-state index < -0.39 is 0 Å². The Kier molecular flexibility index (Phi) is 5.25. The van der Waals surface area contributed by atoms with Crippen LogP contribution in [0, 0.1) is 5.82 Å². The van der Waals surface area contributed by atoms with Gasteiger partial charge in [0.15, 0.2) is 0 Å². The van der Waals surface area contributed by atoms with Crippen molar-refractivity contribution in [2.24, 2.45) is 5.73 Å². The third-order valence-corrected chi connectivity index (χ3v) is 4.03. The molecule has 0 spiro atoms. The quantitative estimate of drug-likeness (QED) is 0.886. The van der Waals surface area contributed by atoms with Crippen molar-refractivity contribution in [1.82, 2.24) is 0 Å². The van der Waals surface area contributed by atoms with Crippen molar-refractivity contribution in [2.45, 2.75) is 18.1 Å². The Morgan fingerprint density at radius 1 is 0.947 bits per heavy atom. The average molecular weight is 296 g/mol. The third-order valence-electron chi connectivity index (χ3n) is 2.70. The van der Waals surface area contributed by atoms with Gasteiger partial charge in [0.05, 0.1) is 0 Å². The Bertz CT molecular complexity index is 542. The number of hydrogen-bond acceptors (Lipinski definition) is 2. The molecular weight excluding hydrogens is 281 g/mol. The van der Waals surface area contributed by atoms with Crippen LogP contribution in [0.4, 0.5) is 4.39 Å². The van der Waals surface area contributed by atoms with Crippen LogP contribution in [0.1, 0.15) is 16.7 Å². The maximum Gasteiger partial charge on any atom is 0.123 e. The second-order valence-corrected chi connectivity index (χ2v) is 5.71. The number of thioether (sulfide) groups is 1. The Morgan fingerprint density at radius 3 is 2.26 bits per heavy atom. The van der Waals surface area contributed by atoms with E-state index in [0.29, 0.717) is 6.54 Å². The molecule has 100 valence electrons. The van der Waals surface area contributed by atoms with Gasteiger partial charge < -0.3 is 5.73 Å². The number of benzene rings is 2. The van der Waals surface area contributed by atoms with E-state index in [0.717, 1.165) is 27.7 Å². The van der Waals surface area contributed by atoms with Crippen LogP contribution in [0.5, 0.6) is 0 Å². The summed E-state index contributed by atoms with van der Waals surface area (Å²) in [5, 5.41) is 0.742. The minimum Gasteiger partial charge on any atom is -0.326 e. The summed E-state index contributed by atoms with van der Waals surface area (Å²) in [5.74, 6) is 1.43. The van der Waals surface area contributed by atoms with Crippen molar-refractivity contribution >= 4 is 23.4 Å². The fraction of sp³-hybridized carbons (Fsp3) is 0.200. The van der Waals surface area contributed by atoms with Crippen molar-refractivity contribution in [3.05, 3.63) is 70.0 Å². The predicted molar refractivity (Wildman–Crippen MR) is 80.7 cm³/mol. The van der Waals surface area contributed by atoms with Gasteiger partial charge in [0.2, 0.25) is 0 Å². The molecule has 0 saturated heterocycles. The molecule has 0 aliphatic rings. The summed E-state index contributed by atoms with van der Waals surface area (Å²) in [7, 11) is 0. The molecule has 4 heteroatoms. The summed E-state index contributed by atoms with van der Waals surface area (Å²) >= 11 is 7.57. The first-order valence-electron chi connectivity index (χ1n) is 5.98. The summed E-state index contributed by atoms with van der Waals surface area (Å²) in [5.41, 5.74) is 8.56. The lowest BCUT2D eigenvalue weighted by molar-refractivity contribution is 0.624. The minimum atomic E-state index is -0.218. The SMILES string of the molecule is NCc1cc(F)cc(CSCc2ccc(Cl)cc2)c1. The minimum absolute atomic E-state index is 0.218. The smallest absolute Gasteiger partial charge is 0.123 e. The monoisotopic (exact) mass is 295 g/mol. The molecule has 0 aliphatic heterocycles. The molecule has 0 aliphatic carbocycles. The van der Waals surface area contributed by atoms with E-state index in [1.807, 2.05) is 30.3 Å². The number of nitrogens with two attached hydrogens (primary N) is 1. The van der Waals surface area contributed by atoms with Gasteiger partial charge in [-0.05, 0) is 41.0 Å². The number of rotatable bonds is 5. The normalized spacial score (nSPS) is 10.7. The Balaban J connectivity index is 1.92. The molecule has 0 saturated carbocycles. The number of hydrogen-bond donors (Lipinski definition) is 1. The molecule has 0 heterocycles. The van der Waals surface area contributed by atoms with Crippen LogP contribution in [0.25, 0.3) is 0 Å². The van der Waals surface area contributed by atoms with Gasteiger partial charge in [-0.2, -0.15) is 11.8 Å². The van der Waals surface area contributed by atoms with Gasteiger partial charge in [-0.25, -0.2) is 4.39 Å². The fourth-order valence-electron chi connectivity index (χ4n) is 1.79. The topological polar surface area (TPSA) is 26.0 Å². The molecule has 2 rings (SSSR count). The second-order valence-electron chi connectivity index (χ2n) is 4.29. The fourth-order valence-corrected chi connectivity index (χ4v) is 2.84. The maximum absolute atomic E-state index is 13.3. The van der Waals surface area contributed by atoms with E-state index >= 15 is 0 Å². The van der Waals surface area contributed by atoms with Crippen molar-refractivity contribution in [1.29, 1.82) is 0 Å². The zero-order valence-electron chi connectivity index (χ0n) is 10.4. The van der Waals surface area contributed by atoms with E-state index in [1.54, 1.807) is 17.8 Å². The summed E-state index contributed by atoms with van der Waals surface area (Å²) in [4.78, 5) is 0. The van der Waals surface area contributed by atoms with Crippen molar-refractivity contribution < 1.29 is 4.39 Å². The van der Waals surface area contributed by atoms with Gasteiger partial charge in [-0.3, -0.25) is 0 Å². The Morgan fingerprint density at radius 2 is 1.58 bits per heavy atom. The zero-order chi connectivity index (χ0) is 13.7. The van der Waals surface area contributed by atoms with Crippen LogP contribution in [-0.4, -0.2) is 0 Å². The highest BCUT2D eigenvalue weighted by Gasteiger charge is 2.01. The molecule has 2 aromatic rings. The van der Waals surface area contributed by atoms with Crippen molar-refractivity contribution in [3.8, 4) is 0 Å². The molecule has 0 atom stereocenters. The lowest BCUT2D eigenvalue weighted by Crippen LogP contribution is -1.98. The van der Waals surface area contributed by atoms with Crippen LogP contribution in [0.3, 0.4) is 0 Å². The van der Waals surface area contributed by atoms with Gasteiger partial charge in [-0.1, -0.05) is 29.8 Å². The van der Waals surface area contributed by atoms with Crippen molar-refractivity contribution in [3.63, 3.8) is 0 Å². The van der Waals surface area contributed by atoms with Crippen LogP contribution in [-0.2, 0) is 18.1 Å². The van der Waals surface area contributed by atoms with Gasteiger partial charge >= 0.3 is 0 Å². The molecule has 0 aromatic heterocycles. The summed E-state index contributed by atoms with van der Waals surface area (Å²) in [6.07, 6.45) is 0. The van der Waals surface area contributed by atoms with Gasteiger partial charge in [0.1, 0.15) is 5.82 Å². The van der Waals surface area contributed by atoms with E-state index in [-0.39, 0.29) is 5.82 Å². The molecule has 0 amide bonds. The first-order chi connectivity index (χ1) is 9.17. The maximum atomic E-state index is 13.3. The summed E-state index contributed by atoms with van der Waals surface area (Å²) < 4.78 is 13.3. The highest BCUT2D eigenvalue weighted by Crippen LogP contribution is 2.20. The van der Waals surface area contributed by atoms with Crippen LogP contribution in [0.15, 0.2) is 42.5 Å². The molecule has 0 radical (unpaired) electrons. The zero-order valence-corrected chi connectivity index (χ0v) is 12.0. The third kappa shape index (κ3) is 4.53. The van der Waals surface area contributed by atoms with E-state index in [4.69, 9.17) is 17.3 Å². The van der Waals surface area contributed by atoms with Crippen molar-refractivity contribution in [2.75, 3.05) is 0 Å². The highest BCUT2D eigenvalue weighted by atomic mass is 35.5. The van der Waals surface area contributed by atoms with Gasteiger partial charge in [0.25, 0.3) is 0 Å². The second kappa shape index (κ2) is 6.94. The standard InChI is InChI=1S/C15H15ClFNS/c16-14-3-1-11(2-4-14)9-19-10-13-5-12(8-18)6-15(17)7-13/h1-7H,8-10,18H2. The molecule has 0 fully saturated rings. The predicted octanol–water partition coefficient (Wildman–Crippen LogP) is 4.37. The summed E-state index contributed by atoms with van der Waals surface area (Å²) in [6.45, 7) is 0.368. The molecule has 19 heavy (non-hydrogen) atoms. The molecule has 2 aromatic carbocycles.